The van der Waals surface area contributed by atoms with Crippen LogP contribution >= 0.6 is 0 Å². The summed E-state index contributed by atoms with van der Waals surface area (Å²) in [5.41, 5.74) is 1.27. The van der Waals surface area contributed by atoms with Gasteiger partial charge in [0.25, 0.3) is 0 Å². The molecule has 3 aliphatic carbocycles. The van der Waals surface area contributed by atoms with E-state index in [4.69, 9.17) is 0 Å². The zero-order valence-corrected chi connectivity index (χ0v) is 14.7. The molecule has 0 radical (unpaired) electrons. The second-order valence-corrected chi connectivity index (χ2v) is 9.88. The molecule has 0 saturated heterocycles. The Morgan fingerprint density at radius 2 is 1.70 bits per heavy atom. The lowest BCUT2D eigenvalue weighted by Gasteiger charge is -2.52. The number of hydrogen-bond donors (Lipinski definition) is 0. The van der Waals surface area contributed by atoms with Crippen molar-refractivity contribution < 1.29 is 0 Å². The predicted octanol–water partition coefficient (Wildman–Crippen LogP) is 6.16. The van der Waals surface area contributed by atoms with Crippen molar-refractivity contribution >= 4 is 0 Å². The van der Waals surface area contributed by atoms with E-state index in [9.17, 15) is 0 Å². The van der Waals surface area contributed by atoms with E-state index in [-0.39, 0.29) is 0 Å². The van der Waals surface area contributed by atoms with Gasteiger partial charge >= 0.3 is 0 Å². The zero-order chi connectivity index (χ0) is 14.7. The van der Waals surface area contributed by atoms with Crippen molar-refractivity contribution in [1.29, 1.82) is 0 Å². The number of hydrogen-bond acceptors (Lipinski definition) is 0. The largest absolute Gasteiger partial charge is 0.0625 e. The second-order valence-electron chi connectivity index (χ2n) is 9.88. The van der Waals surface area contributed by atoms with E-state index in [1.807, 2.05) is 0 Å². The molecule has 6 atom stereocenters. The van der Waals surface area contributed by atoms with Crippen LogP contribution in [-0.2, 0) is 0 Å². The van der Waals surface area contributed by atoms with Gasteiger partial charge in [0.05, 0.1) is 0 Å². The molecule has 0 N–H and O–H groups in total. The smallest absolute Gasteiger partial charge is 0.0275 e. The van der Waals surface area contributed by atoms with Crippen molar-refractivity contribution in [3.8, 4) is 0 Å². The minimum absolute atomic E-state index is 0.599. The molecule has 0 spiro atoms. The van der Waals surface area contributed by atoms with Gasteiger partial charge in [0.15, 0.2) is 0 Å². The molecule has 116 valence electrons. The van der Waals surface area contributed by atoms with E-state index in [0.717, 1.165) is 35.5 Å². The fourth-order valence-corrected chi connectivity index (χ4v) is 7.07. The van der Waals surface area contributed by atoms with Crippen LogP contribution in [0.25, 0.3) is 0 Å². The number of fused-ring (bicyclic) bond motifs is 2. The van der Waals surface area contributed by atoms with Gasteiger partial charge in [-0.3, -0.25) is 0 Å². The van der Waals surface area contributed by atoms with E-state index in [0.29, 0.717) is 10.8 Å². The van der Waals surface area contributed by atoms with Crippen molar-refractivity contribution in [3.63, 3.8) is 0 Å². The Balaban J connectivity index is 1.92. The standard InChI is InChI=1S/C20H36/c1-13(2)16-8-7-14(3)11-17(16)18-19(4,5)15-9-10-20(18,6)12-15/h13-18H,7-12H2,1-6H3. The van der Waals surface area contributed by atoms with Gasteiger partial charge in [0.1, 0.15) is 0 Å². The molecule has 0 aromatic carbocycles. The molecule has 3 saturated carbocycles. The van der Waals surface area contributed by atoms with Crippen LogP contribution in [0, 0.1) is 46.3 Å². The zero-order valence-electron chi connectivity index (χ0n) is 14.7. The van der Waals surface area contributed by atoms with Crippen LogP contribution in [0.1, 0.15) is 80.1 Å². The average molecular weight is 277 g/mol. The third kappa shape index (κ3) is 2.08. The topological polar surface area (TPSA) is 0 Å². The van der Waals surface area contributed by atoms with Gasteiger partial charge in [0, 0.05) is 0 Å². The Morgan fingerprint density at radius 1 is 1.00 bits per heavy atom. The van der Waals surface area contributed by atoms with Crippen LogP contribution < -0.4 is 0 Å². The van der Waals surface area contributed by atoms with Crippen LogP contribution in [0.5, 0.6) is 0 Å². The fraction of sp³-hybridized carbons (Fsp3) is 1.00. The SMILES string of the molecule is CC1CCC(C(C)C)C(C2C3(C)CCC(C3)C2(C)C)C1. The van der Waals surface area contributed by atoms with E-state index >= 15 is 0 Å². The molecule has 0 heteroatoms. The summed E-state index contributed by atoms with van der Waals surface area (Å²) in [5.74, 6) is 5.85. The van der Waals surface area contributed by atoms with Crippen LogP contribution in [0.4, 0.5) is 0 Å². The molecule has 0 nitrogen and oxygen atoms in total. The van der Waals surface area contributed by atoms with Gasteiger partial charge in [-0.05, 0) is 78.4 Å². The highest BCUT2D eigenvalue weighted by Gasteiger charge is 2.62. The fourth-order valence-electron chi connectivity index (χ4n) is 7.07. The first-order valence-electron chi connectivity index (χ1n) is 9.25. The summed E-state index contributed by atoms with van der Waals surface area (Å²) >= 11 is 0. The van der Waals surface area contributed by atoms with Gasteiger partial charge in [0.2, 0.25) is 0 Å². The molecule has 0 aliphatic heterocycles. The van der Waals surface area contributed by atoms with Crippen molar-refractivity contribution in [1.82, 2.24) is 0 Å². The minimum atomic E-state index is 0.599. The van der Waals surface area contributed by atoms with Crippen molar-refractivity contribution in [2.45, 2.75) is 80.1 Å². The van der Waals surface area contributed by atoms with Crippen molar-refractivity contribution in [3.05, 3.63) is 0 Å². The maximum atomic E-state index is 2.64. The summed E-state index contributed by atoms with van der Waals surface area (Å²) in [6.45, 7) is 15.3. The molecule has 6 unspecified atom stereocenters. The van der Waals surface area contributed by atoms with Gasteiger partial charge in [-0.2, -0.15) is 0 Å². The van der Waals surface area contributed by atoms with Crippen LogP contribution in [0.15, 0.2) is 0 Å². The lowest BCUT2D eigenvalue weighted by atomic mass is 9.52. The quantitative estimate of drug-likeness (QED) is 0.567. The van der Waals surface area contributed by atoms with Gasteiger partial charge in [-0.1, -0.05) is 48.0 Å². The van der Waals surface area contributed by atoms with E-state index < -0.39 is 0 Å². The Kier molecular flexibility index (Phi) is 3.54. The monoisotopic (exact) mass is 276 g/mol. The number of rotatable bonds is 2. The molecule has 0 aromatic heterocycles. The van der Waals surface area contributed by atoms with E-state index in [1.165, 1.54) is 38.5 Å². The Labute approximate surface area is 127 Å². The maximum absolute atomic E-state index is 2.64. The summed E-state index contributed by atoms with van der Waals surface area (Å²) in [5, 5.41) is 0. The van der Waals surface area contributed by atoms with Gasteiger partial charge < -0.3 is 0 Å². The molecule has 3 rings (SSSR count). The molecule has 3 fully saturated rings. The van der Waals surface area contributed by atoms with E-state index in [1.54, 1.807) is 0 Å². The lowest BCUT2D eigenvalue weighted by Crippen LogP contribution is -2.45. The average Bonchev–Trinajstić information content (AvgIpc) is 2.79. The molecule has 3 aliphatic rings. The normalized spacial score (nSPS) is 50.9. The molecule has 20 heavy (non-hydrogen) atoms. The van der Waals surface area contributed by atoms with Crippen LogP contribution in [0.2, 0.25) is 0 Å². The highest BCUT2D eigenvalue weighted by molar-refractivity contribution is 5.11. The van der Waals surface area contributed by atoms with Gasteiger partial charge in [-0.15, -0.1) is 0 Å². The van der Waals surface area contributed by atoms with Crippen molar-refractivity contribution in [2.24, 2.45) is 46.3 Å². The lowest BCUT2D eigenvalue weighted by molar-refractivity contribution is -0.0367. The molecular weight excluding hydrogens is 240 g/mol. The van der Waals surface area contributed by atoms with Gasteiger partial charge in [-0.25, -0.2) is 0 Å². The molecule has 0 aromatic rings. The minimum Gasteiger partial charge on any atom is -0.0625 e. The molecular formula is C20H36. The van der Waals surface area contributed by atoms with Crippen LogP contribution in [-0.4, -0.2) is 0 Å². The Hall–Kier alpha value is 0. The second kappa shape index (κ2) is 4.75. The molecule has 2 bridgehead atoms. The first-order chi connectivity index (χ1) is 9.25. The highest BCUT2D eigenvalue weighted by atomic mass is 14.7. The van der Waals surface area contributed by atoms with E-state index in [2.05, 4.69) is 41.5 Å². The first-order valence-corrected chi connectivity index (χ1v) is 9.25. The molecule has 0 amide bonds. The summed E-state index contributed by atoms with van der Waals surface area (Å²) in [6, 6.07) is 0. The molecule has 0 heterocycles. The summed E-state index contributed by atoms with van der Waals surface area (Å²) in [6.07, 6.45) is 9.04. The maximum Gasteiger partial charge on any atom is -0.0275 e. The Morgan fingerprint density at radius 3 is 2.25 bits per heavy atom. The predicted molar refractivity (Wildman–Crippen MR) is 87.6 cm³/mol. The van der Waals surface area contributed by atoms with Crippen molar-refractivity contribution in [2.75, 3.05) is 0 Å². The third-order valence-corrected chi connectivity index (χ3v) is 7.88. The third-order valence-electron chi connectivity index (χ3n) is 7.88. The first kappa shape index (κ1) is 14.9. The Bertz CT molecular complexity index is 361. The highest BCUT2D eigenvalue weighted by Crippen LogP contribution is 2.70. The summed E-state index contributed by atoms with van der Waals surface area (Å²) in [4.78, 5) is 0. The van der Waals surface area contributed by atoms with Crippen LogP contribution in [0.3, 0.4) is 0 Å². The summed E-state index contributed by atoms with van der Waals surface area (Å²) in [7, 11) is 0. The summed E-state index contributed by atoms with van der Waals surface area (Å²) < 4.78 is 0.